The summed E-state index contributed by atoms with van der Waals surface area (Å²) in [4.78, 5) is 2.47. The summed E-state index contributed by atoms with van der Waals surface area (Å²) in [5.41, 5.74) is 1.21. The van der Waals surface area contributed by atoms with Crippen LogP contribution in [0.1, 0.15) is 26.2 Å². The Bertz CT molecular complexity index is 329. The van der Waals surface area contributed by atoms with Gasteiger partial charge in [0.05, 0.1) is 0 Å². The van der Waals surface area contributed by atoms with E-state index >= 15 is 0 Å². The van der Waals surface area contributed by atoms with Crippen LogP contribution in [0.3, 0.4) is 0 Å². The molecule has 3 nitrogen and oxygen atoms in total. The fourth-order valence-electron chi connectivity index (χ4n) is 2.40. The second kappa shape index (κ2) is 11.1. The summed E-state index contributed by atoms with van der Waals surface area (Å²) in [5, 5.41) is 9.22. The Balaban J connectivity index is 0.000000491. The van der Waals surface area contributed by atoms with Gasteiger partial charge in [-0.25, -0.2) is 0 Å². The number of nitrogens with zero attached hydrogens (tertiary/aromatic N) is 3. The van der Waals surface area contributed by atoms with Crippen molar-refractivity contribution in [2.75, 3.05) is 32.7 Å². The molecule has 0 N–H and O–H groups in total. The van der Waals surface area contributed by atoms with E-state index in [-0.39, 0.29) is 0 Å². The van der Waals surface area contributed by atoms with Gasteiger partial charge in [0.2, 0.25) is 0 Å². The number of allylic oxidation sites excluding steroid dienone is 2. The molecule has 0 aliphatic carbocycles. The first kappa shape index (κ1) is 18.6. The second-order valence-electron chi connectivity index (χ2n) is 4.97. The van der Waals surface area contributed by atoms with Crippen molar-refractivity contribution < 1.29 is 25.9 Å². The van der Waals surface area contributed by atoms with Gasteiger partial charge in [0.25, 0.3) is 0 Å². The maximum atomic E-state index is 9.77. The molecular weight excluding hydrogens is 322 g/mol. The average molecular weight is 345 g/mol. The average Bonchev–Trinajstić information content (AvgIpc) is 2.48. The summed E-state index contributed by atoms with van der Waals surface area (Å²) < 4.78 is 29.3. The first-order valence-corrected chi connectivity index (χ1v) is 8.57. The predicted molar refractivity (Wildman–Crippen MR) is 76.8 cm³/mol. The van der Waals surface area contributed by atoms with Gasteiger partial charge in [-0.3, -0.25) is 0 Å². The quantitative estimate of drug-likeness (QED) is 0.683. The molecule has 1 unspecified atom stereocenters. The van der Waals surface area contributed by atoms with Gasteiger partial charge in [-0.1, -0.05) is 38.3 Å². The minimum absolute atomic E-state index is 0.559. The van der Waals surface area contributed by atoms with E-state index < -0.39 is 15.3 Å². The van der Waals surface area contributed by atoms with Crippen LogP contribution in [0, 0.1) is 0 Å². The van der Waals surface area contributed by atoms with E-state index in [1.807, 2.05) is 0 Å². The van der Waals surface area contributed by atoms with Crippen LogP contribution >= 0.6 is 0 Å². The van der Waals surface area contributed by atoms with Crippen LogP contribution in [0.4, 0.5) is 10.7 Å². The van der Waals surface area contributed by atoms with Crippen molar-refractivity contribution in [3.63, 3.8) is 0 Å². The molecule has 2 aliphatic rings. The van der Waals surface area contributed by atoms with E-state index in [1.165, 1.54) is 25.0 Å². The summed E-state index contributed by atoms with van der Waals surface area (Å²) in [6.45, 7) is 7.31. The molecule has 0 aromatic rings. The Kier molecular flexibility index (Phi) is 9.83. The van der Waals surface area contributed by atoms with E-state index in [9.17, 15) is 10.7 Å². The number of halogens is 3. The van der Waals surface area contributed by atoms with Crippen molar-refractivity contribution in [1.82, 2.24) is 4.90 Å². The third-order valence-electron chi connectivity index (χ3n) is 3.46. The molecule has 0 spiro atoms. The molecule has 0 radical (unpaired) electrons. The Hall–Kier alpha value is -0.491. The number of piperidine rings is 1. The van der Waals surface area contributed by atoms with Crippen LogP contribution in [0.25, 0.3) is 10.6 Å². The number of likely N-dealkylation sites (N-methyl/N-ethyl adjacent to an activating group) is 1. The molecule has 21 heavy (non-hydrogen) atoms. The third kappa shape index (κ3) is 9.19. The molecule has 0 amide bonds. The number of rotatable bonds is 5. The van der Waals surface area contributed by atoms with Gasteiger partial charge in [-0.2, -0.15) is 0 Å². The maximum absolute atomic E-state index is 9.77. The van der Waals surface area contributed by atoms with Crippen molar-refractivity contribution in [2.45, 2.75) is 32.2 Å². The summed E-state index contributed by atoms with van der Waals surface area (Å²) in [6, 6.07) is 0.559. The SMILES string of the molecule is CCN(CC1=CC=CC[N-]1)CC1CCCC[N-]1.[F][Mn]([F])[F]. The molecule has 7 heteroatoms. The van der Waals surface area contributed by atoms with Crippen LogP contribution in [0.2, 0.25) is 0 Å². The monoisotopic (exact) mass is 345 g/mol. The van der Waals surface area contributed by atoms with Crippen molar-refractivity contribution in [1.29, 1.82) is 0 Å². The second-order valence-corrected chi connectivity index (χ2v) is 5.48. The zero-order valence-electron chi connectivity index (χ0n) is 12.3. The Morgan fingerprint density at radius 2 is 2.10 bits per heavy atom. The first-order chi connectivity index (χ1) is 10.1. The zero-order valence-corrected chi connectivity index (χ0v) is 13.5. The number of hydrogen-bond donors (Lipinski definition) is 0. The molecule has 0 bridgehead atoms. The van der Waals surface area contributed by atoms with E-state index in [2.05, 4.69) is 35.4 Å². The van der Waals surface area contributed by atoms with Gasteiger partial charge in [0, 0.05) is 6.54 Å². The van der Waals surface area contributed by atoms with Gasteiger partial charge < -0.3 is 15.5 Å². The van der Waals surface area contributed by atoms with Crippen LogP contribution in [0.15, 0.2) is 23.9 Å². The molecule has 0 aromatic heterocycles. The topological polar surface area (TPSA) is 31.4 Å². The normalized spacial score (nSPS) is 22.0. The summed E-state index contributed by atoms with van der Waals surface area (Å²) in [6.07, 6.45) is 10.2. The molecule has 1 saturated heterocycles. The Morgan fingerprint density at radius 3 is 2.62 bits per heavy atom. The predicted octanol–water partition coefficient (Wildman–Crippen LogP) is 4.32. The van der Waals surface area contributed by atoms with Crippen molar-refractivity contribution in [2.24, 2.45) is 0 Å². The van der Waals surface area contributed by atoms with Gasteiger partial charge >= 0.3 is 25.9 Å². The van der Waals surface area contributed by atoms with E-state index in [4.69, 9.17) is 5.32 Å². The van der Waals surface area contributed by atoms with Crippen molar-refractivity contribution in [3.8, 4) is 0 Å². The van der Waals surface area contributed by atoms with Crippen molar-refractivity contribution in [3.05, 3.63) is 34.6 Å². The molecule has 1 atom stereocenters. The van der Waals surface area contributed by atoms with Gasteiger partial charge in [0.15, 0.2) is 0 Å². The van der Waals surface area contributed by atoms with E-state index in [0.29, 0.717) is 6.04 Å². The molecule has 0 saturated carbocycles. The molecule has 1 fully saturated rings. The van der Waals surface area contributed by atoms with Crippen LogP contribution in [0.5, 0.6) is 0 Å². The van der Waals surface area contributed by atoms with Gasteiger partial charge in [-0.05, 0) is 13.1 Å². The van der Waals surface area contributed by atoms with Gasteiger partial charge in [-0.15, -0.1) is 30.9 Å². The standard InChI is InChI=1S/C14H23N3.3FH.Mn/c1-2-17(11-13-7-3-5-9-15-13)12-14-8-4-6-10-16-14;;;;/h3,5,7,14H,2,4,6,8-12H2,1H3;3*1H;/q-2;;;;+3/p-3. The molecule has 2 aliphatic heterocycles. The summed E-state index contributed by atoms with van der Waals surface area (Å²) in [5.74, 6) is 0. The fourth-order valence-corrected chi connectivity index (χ4v) is 2.40. The molecule has 0 aromatic carbocycles. The Morgan fingerprint density at radius 1 is 1.33 bits per heavy atom. The number of hydrogen-bond acceptors (Lipinski definition) is 1. The molecule has 124 valence electrons. The van der Waals surface area contributed by atoms with Crippen LogP contribution in [-0.4, -0.2) is 43.7 Å². The van der Waals surface area contributed by atoms with Gasteiger partial charge in [0.1, 0.15) is 0 Å². The van der Waals surface area contributed by atoms with Crippen LogP contribution in [-0.2, 0) is 15.3 Å². The van der Waals surface area contributed by atoms with Crippen LogP contribution < -0.4 is 0 Å². The molecular formula is C14H23F3MnN3-2. The fraction of sp³-hybridized carbons (Fsp3) is 0.714. The Labute approximate surface area is 130 Å². The summed E-state index contributed by atoms with van der Waals surface area (Å²) >= 11 is -4.40. The van der Waals surface area contributed by atoms with E-state index in [0.717, 1.165) is 32.7 Å². The minimum atomic E-state index is -4.40. The first-order valence-electron chi connectivity index (χ1n) is 7.23. The third-order valence-corrected chi connectivity index (χ3v) is 3.46. The molecule has 2 heterocycles. The molecule has 2 rings (SSSR count). The van der Waals surface area contributed by atoms with Crippen molar-refractivity contribution >= 4 is 0 Å². The summed E-state index contributed by atoms with van der Waals surface area (Å²) in [7, 11) is 0. The zero-order chi connectivity index (χ0) is 15.5. The van der Waals surface area contributed by atoms with E-state index in [1.54, 1.807) is 0 Å².